The smallest absolute Gasteiger partial charge is 0.321 e. The molecule has 0 saturated heterocycles. The molecule has 1 heterocycles. The summed E-state index contributed by atoms with van der Waals surface area (Å²) in [5.41, 5.74) is -0.397. The monoisotopic (exact) mass is 277 g/mol. The molecule has 0 bridgehead atoms. The van der Waals surface area contributed by atoms with E-state index in [2.05, 4.69) is 9.35 Å². The molecule has 0 aliphatic rings. The molecule has 0 spiro atoms. The van der Waals surface area contributed by atoms with Crippen molar-refractivity contribution in [2.45, 2.75) is 19.0 Å². The third kappa shape index (κ3) is 4.09. The molecule has 0 fully saturated rings. The number of hydrogen-bond acceptors (Lipinski definition) is 3. The Balaban J connectivity index is 2.80. The first-order valence-corrected chi connectivity index (χ1v) is 6.18. The first-order valence-electron chi connectivity index (χ1n) is 4.87. The second kappa shape index (κ2) is 5.93. The van der Waals surface area contributed by atoms with Gasteiger partial charge in [-0.2, -0.15) is 18.4 Å². The number of aromatic nitrogens is 1. The van der Waals surface area contributed by atoms with Gasteiger partial charge in [0.05, 0.1) is 0 Å². The highest BCUT2D eigenvalue weighted by Gasteiger charge is 2.32. The second-order valence-electron chi connectivity index (χ2n) is 3.57. The van der Waals surface area contributed by atoms with Gasteiger partial charge in [-0.25, -0.2) is 0 Å². The minimum Gasteiger partial charge on any atom is -0.321 e. The Morgan fingerprint density at radius 2 is 2.22 bits per heavy atom. The Morgan fingerprint density at radius 1 is 1.56 bits per heavy atom. The lowest BCUT2D eigenvalue weighted by atomic mass is 10.1. The third-order valence-corrected chi connectivity index (χ3v) is 3.28. The van der Waals surface area contributed by atoms with Crippen molar-refractivity contribution in [3.05, 3.63) is 29.6 Å². The Morgan fingerprint density at radius 3 is 2.67 bits per heavy atom. The van der Waals surface area contributed by atoms with E-state index in [1.807, 2.05) is 0 Å². The molecule has 1 aromatic heterocycles. The molecule has 0 aromatic carbocycles. The van der Waals surface area contributed by atoms with Crippen LogP contribution in [0.2, 0.25) is 0 Å². The normalized spacial score (nSPS) is 15.1. The van der Waals surface area contributed by atoms with Crippen LogP contribution in [-0.2, 0) is 17.1 Å². The van der Waals surface area contributed by atoms with Crippen LogP contribution in [0.4, 0.5) is 13.2 Å². The van der Waals surface area contributed by atoms with Crippen molar-refractivity contribution >= 4 is 11.0 Å². The number of pyridine rings is 1. The van der Waals surface area contributed by atoms with E-state index in [1.165, 1.54) is 12.3 Å². The van der Waals surface area contributed by atoms with Crippen LogP contribution in [0.25, 0.3) is 0 Å². The summed E-state index contributed by atoms with van der Waals surface area (Å²) in [5, 5.41) is 8.24. The molecule has 0 aliphatic carbocycles. The lowest BCUT2D eigenvalue weighted by molar-refractivity contribution is -0.141. The summed E-state index contributed by atoms with van der Waals surface area (Å²) in [6.07, 6.45) is -1.86. The van der Waals surface area contributed by atoms with Crippen LogP contribution in [0.15, 0.2) is 22.7 Å². The van der Waals surface area contributed by atoms with Crippen LogP contribution in [0, 0.1) is 11.5 Å². The molecule has 8 heteroatoms. The zero-order valence-electron chi connectivity index (χ0n) is 9.35. The molecule has 2 atom stereocenters. The van der Waals surface area contributed by atoms with Crippen molar-refractivity contribution in [2.24, 2.45) is 4.36 Å². The highest BCUT2D eigenvalue weighted by molar-refractivity contribution is 7.81. The highest BCUT2D eigenvalue weighted by Crippen LogP contribution is 2.28. The van der Waals surface area contributed by atoms with Gasteiger partial charge in [-0.15, -0.1) is 4.36 Å². The van der Waals surface area contributed by atoms with E-state index in [4.69, 9.17) is 5.26 Å². The molecule has 0 aliphatic heterocycles. The van der Waals surface area contributed by atoms with Crippen molar-refractivity contribution in [1.29, 1.82) is 5.26 Å². The van der Waals surface area contributed by atoms with Crippen LogP contribution in [0.5, 0.6) is 0 Å². The van der Waals surface area contributed by atoms with E-state index in [0.717, 1.165) is 12.3 Å². The van der Waals surface area contributed by atoms with E-state index in [0.29, 0.717) is 5.56 Å². The maximum Gasteiger partial charge on any atom is 0.433 e. The summed E-state index contributed by atoms with van der Waals surface area (Å²) in [6.45, 7) is 1.72. The molecule has 0 unspecified atom stereocenters. The van der Waals surface area contributed by atoms with Crippen molar-refractivity contribution in [2.75, 3.05) is 5.75 Å². The second-order valence-corrected chi connectivity index (χ2v) is 4.77. The third-order valence-electron chi connectivity index (χ3n) is 2.19. The first kappa shape index (κ1) is 14.6. The van der Waals surface area contributed by atoms with Gasteiger partial charge in [0.15, 0.2) is 0 Å². The SMILES string of the molecule is C[C@H](C[S@@](O)=NC#N)c1ccc(C(F)(F)F)nc1. The van der Waals surface area contributed by atoms with Gasteiger partial charge >= 0.3 is 6.18 Å². The molecule has 0 radical (unpaired) electrons. The van der Waals surface area contributed by atoms with Gasteiger partial charge in [-0.3, -0.25) is 4.98 Å². The molecule has 1 rings (SSSR count). The highest BCUT2D eigenvalue weighted by atomic mass is 32.2. The summed E-state index contributed by atoms with van der Waals surface area (Å²) in [6, 6.07) is 2.20. The van der Waals surface area contributed by atoms with Crippen LogP contribution in [0.1, 0.15) is 24.1 Å². The summed E-state index contributed by atoms with van der Waals surface area (Å²) in [4.78, 5) is 3.33. The quantitative estimate of drug-likeness (QED) is 0.863. The average molecular weight is 277 g/mol. The first-order chi connectivity index (χ1) is 8.34. The van der Waals surface area contributed by atoms with E-state index in [9.17, 15) is 17.7 Å². The van der Waals surface area contributed by atoms with E-state index in [-0.39, 0.29) is 11.7 Å². The molecule has 98 valence electrons. The molecule has 4 nitrogen and oxygen atoms in total. The zero-order chi connectivity index (χ0) is 13.8. The number of rotatable bonds is 3. The number of halogens is 3. The van der Waals surface area contributed by atoms with E-state index >= 15 is 0 Å². The minimum atomic E-state index is -4.46. The van der Waals surface area contributed by atoms with Gasteiger partial charge in [0.2, 0.25) is 6.19 Å². The van der Waals surface area contributed by atoms with Gasteiger partial charge < -0.3 is 4.55 Å². The van der Waals surface area contributed by atoms with Gasteiger partial charge in [0.25, 0.3) is 0 Å². The zero-order valence-corrected chi connectivity index (χ0v) is 10.2. The predicted molar refractivity (Wildman–Crippen MR) is 60.6 cm³/mol. The van der Waals surface area contributed by atoms with Crippen molar-refractivity contribution in [3.8, 4) is 6.19 Å². The minimum absolute atomic E-state index is 0.181. The maximum absolute atomic E-state index is 12.3. The lowest BCUT2D eigenvalue weighted by Gasteiger charge is -2.11. The number of alkyl halides is 3. The van der Waals surface area contributed by atoms with Gasteiger partial charge in [-0.05, 0) is 17.5 Å². The molecular formula is C10H10F3N3OS. The largest absolute Gasteiger partial charge is 0.433 e. The Labute approximate surface area is 104 Å². The van der Waals surface area contributed by atoms with Crippen molar-refractivity contribution in [3.63, 3.8) is 0 Å². The van der Waals surface area contributed by atoms with Crippen LogP contribution in [-0.4, -0.2) is 15.3 Å². The van der Waals surface area contributed by atoms with Crippen LogP contribution >= 0.6 is 0 Å². The maximum atomic E-state index is 12.3. The number of nitriles is 1. The summed E-state index contributed by atoms with van der Waals surface area (Å²) >= 11 is 0. The van der Waals surface area contributed by atoms with Gasteiger partial charge in [0.1, 0.15) is 5.69 Å². The van der Waals surface area contributed by atoms with Crippen LogP contribution < -0.4 is 0 Å². The van der Waals surface area contributed by atoms with E-state index in [1.54, 1.807) is 6.92 Å². The van der Waals surface area contributed by atoms with Crippen molar-refractivity contribution < 1.29 is 17.7 Å². The van der Waals surface area contributed by atoms with Gasteiger partial charge in [-0.1, -0.05) is 13.0 Å². The Bertz CT molecular complexity index is 479. The molecule has 18 heavy (non-hydrogen) atoms. The fourth-order valence-electron chi connectivity index (χ4n) is 1.27. The Kier molecular flexibility index (Phi) is 4.81. The number of nitrogens with zero attached hydrogens (tertiary/aromatic N) is 3. The lowest BCUT2D eigenvalue weighted by Crippen LogP contribution is -2.10. The predicted octanol–water partition coefficient (Wildman–Crippen LogP) is 2.96. The van der Waals surface area contributed by atoms with Crippen molar-refractivity contribution in [1.82, 2.24) is 4.98 Å². The van der Waals surface area contributed by atoms with Crippen LogP contribution in [0.3, 0.4) is 0 Å². The molecule has 0 amide bonds. The fraction of sp³-hybridized carbons (Fsp3) is 0.400. The molecule has 1 N–H and O–H groups in total. The molecule has 0 saturated carbocycles. The number of hydrogen-bond donors (Lipinski definition) is 1. The Hall–Kier alpha value is -1.46. The summed E-state index contributed by atoms with van der Waals surface area (Å²) in [5.74, 6) is -0.0501. The summed E-state index contributed by atoms with van der Waals surface area (Å²) < 4.78 is 49.4. The van der Waals surface area contributed by atoms with E-state index < -0.39 is 22.8 Å². The summed E-state index contributed by atoms with van der Waals surface area (Å²) in [7, 11) is -1.41. The standard InChI is InChI=1S/C10H10F3N3OS/c1-7(5-18(17)16-6-14)8-2-3-9(15-4-8)10(11,12)13/h2-4,7H,5H2,1H3,(H,16,17)/t7-,18-/m1/s1. The fourth-order valence-corrected chi connectivity index (χ4v) is 2.08. The topological polar surface area (TPSA) is 69.3 Å². The van der Waals surface area contributed by atoms with Gasteiger partial charge in [0, 0.05) is 22.9 Å². The molecule has 1 aromatic rings. The molecular weight excluding hydrogens is 267 g/mol. The average Bonchev–Trinajstić information content (AvgIpc) is 2.28.